The fraction of sp³-hybridized carbons (Fsp3) is 0.148. The van der Waals surface area contributed by atoms with Gasteiger partial charge in [-0.15, -0.1) is 0 Å². The summed E-state index contributed by atoms with van der Waals surface area (Å²) in [5, 5.41) is 38.4. The molecular formula is C27H27N5O2. The van der Waals surface area contributed by atoms with Crippen LogP contribution >= 0.6 is 0 Å². The average molecular weight is 454 g/mol. The number of allylic oxidation sites excluding steroid dienone is 8. The lowest BCUT2D eigenvalue weighted by Gasteiger charge is -2.15. The molecule has 0 aliphatic heterocycles. The van der Waals surface area contributed by atoms with Crippen molar-refractivity contribution < 1.29 is 10.2 Å². The van der Waals surface area contributed by atoms with Gasteiger partial charge in [-0.3, -0.25) is 16.3 Å². The molecule has 172 valence electrons. The van der Waals surface area contributed by atoms with Crippen molar-refractivity contribution in [3.05, 3.63) is 95.1 Å². The fourth-order valence-electron chi connectivity index (χ4n) is 3.76. The summed E-state index contributed by atoms with van der Waals surface area (Å²) in [5.74, 6) is 0.139. The number of rotatable bonds is 6. The molecule has 34 heavy (non-hydrogen) atoms. The number of nitrogens with zero attached hydrogens (tertiary/aromatic N) is 2. The largest absolute Gasteiger partial charge is 0.505 e. The van der Waals surface area contributed by atoms with E-state index in [4.69, 9.17) is 5.41 Å². The second-order valence-electron chi connectivity index (χ2n) is 8.26. The zero-order valence-corrected chi connectivity index (χ0v) is 19.1. The first-order valence-corrected chi connectivity index (χ1v) is 11.0. The number of hydrogen-bond donors (Lipinski definition) is 5. The van der Waals surface area contributed by atoms with Crippen molar-refractivity contribution in [2.24, 2.45) is 10.2 Å². The van der Waals surface area contributed by atoms with E-state index in [-0.39, 0.29) is 17.2 Å². The molecule has 7 nitrogen and oxygen atoms in total. The van der Waals surface area contributed by atoms with E-state index in [1.54, 1.807) is 30.4 Å². The predicted octanol–water partition coefficient (Wildman–Crippen LogP) is 5.50. The molecule has 0 atom stereocenters. The molecule has 0 aromatic heterocycles. The lowest BCUT2D eigenvalue weighted by molar-refractivity contribution is 0.465. The van der Waals surface area contributed by atoms with Gasteiger partial charge in [0.05, 0.1) is 22.8 Å². The number of hydrogen-bond acceptors (Lipinski definition) is 7. The van der Waals surface area contributed by atoms with Crippen molar-refractivity contribution in [2.75, 3.05) is 10.9 Å². The highest BCUT2D eigenvalue weighted by Crippen LogP contribution is 2.36. The molecule has 0 saturated heterocycles. The molecule has 0 unspecified atom stereocenters. The predicted molar refractivity (Wildman–Crippen MR) is 140 cm³/mol. The van der Waals surface area contributed by atoms with E-state index < -0.39 is 0 Å². The summed E-state index contributed by atoms with van der Waals surface area (Å²) < 4.78 is 0. The SMILES string of the molecule is Cc1cc(Cc2cc(C)cc(N/N=C3/C=CC=CC3)c2O)c(O)c(N/N=C2/C=CC=CC2=N)c1. The third-order valence-electron chi connectivity index (χ3n) is 5.43. The summed E-state index contributed by atoms with van der Waals surface area (Å²) in [7, 11) is 0. The van der Waals surface area contributed by atoms with Crippen LogP contribution in [0, 0.1) is 19.3 Å². The lowest BCUT2D eigenvalue weighted by Crippen LogP contribution is -2.12. The molecule has 0 amide bonds. The maximum Gasteiger partial charge on any atom is 0.144 e. The Hall–Kier alpha value is -4.39. The molecule has 5 N–H and O–H groups in total. The number of phenolic OH excluding ortho intramolecular Hbond substituents is 2. The highest BCUT2D eigenvalue weighted by molar-refractivity contribution is 6.50. The minimum absolute atomic E-state index is 0.0478. The molecule has 0 bridgehead atoms. The van der Waals surface area contributed by atoms with Crippen molar-refractivity contribution in [2.45, 2.75) is 26.7 Å². The molecule has 2 aromatic rings. The van der Waals surface area contributed by atoms with Gasteiger partial charge in [-0.25, -0.2) is 0 Å². The Labute approximate surface area is 198 Å². The van der Waals surface area contributed by atoms with Crippen molar-refractivity contribution in [1.29, 1.82) is 5.41 Å². The van der Waals surface area contributed by atoms with Crippen LogP contribution in [0.3, 0.4) is 0 Å². The minimum Gasteiger partial charge on any atom is -0.505 e. The van der Waals surface area contributed by atoms with Gasteiger partial charge >= 0.3 is 0 Å². The summed E-state index contributed by atoms with van der Waals surface area (Å²) in [5.41, 5.74) is 11.6. The Morgan fingerprint density at radius 3 is 1.97 bits per heavy atom. The van der Waals surface area contributed by atoms with Gasteiger partial charge in [0.25, 0.3) is 0 Å². The number of hydrazone groups is 2. The van der Waals surface area contributed by atoms with E-state index in [1.165, 1.54) is 0 Å². The number of benzene rings is 2. The van der Waals surface area contributed by atoms with Crippen LogP contribution in [0.4, 0.5) is 11.4 Å². The molecule has 4 rings (SSSR count). The molecular weight excluding hydrogens is 426 g/mol. The lowest BCUT2D eigenvalue weighted by atomic mass is 9.98. The second-order valence-corrected chi connectivity index (χ2v) is 8.26. The van der Waals surface area contributed by atoms with Crippen LogP contribution in [0.1, 0.15) is 28.7 Å². The van der Waals surface area contributed by atoms with Crippen LogP contribution in [0.2, 0.25) is 0 Å². The fourth-order valence-corrected chi connectivity index (χ4v) is 3.76. The molecule has 0 radical (unpaired) electrons. The van der Waals surface area contributed by atoms with Crippen LogP contribution in [0.15, 0.2) is 83.1 Å². The Morgan fingerprint density at radius 1 is 0.794 bits per heavy atom. The summed E-state index contributed by atoms with van der Waals surface area (Å²) in [4.78, 5) is 0. The second kappa shape index (κ2) is 10.0. The van der Waals surface area contributed by atoms with Crippen LogP contribution in [-0.4, -0.2) is 27.3 Å². The van der Waals surface area contributed by atoms with Crippen LogP contribution in [-0.2, 0) is 6.42 Å². The summed E-state index contributed by atoms with van der Waals surface area (Å²) >= 11 is 0. The van der Waals surface area contributed by atoms with Gasteiger partial charge in [0.15, 0.2) is 0 Å². The quantitative estimate of drug-likeness (QED) is 0.226. The molecule has 2 aliphatic carbocycles. The topological polar surface area (TPSA) is 113 Å². The first kappa shape index (κ1) is 22.8. The number of phenols is 2. The zero-order chi connectivity index (χ0) is 24.1. The molecule has 0 spiro atoms. The highest BCUT2D eigenvalue weighted by atomic mass is 16.3. The number of aryl methyl sites for hydroxylation is 2. The van der Waals surface area contributed by atoms with Crippen molar-refractivity contribution in [1.82, 2.24) is 0 Å². The smallest absolute Gasteiger partial charge is 0.144 e. The van der Waals surface area contributed by atoms with Crippen molar-refractivity contribution in [3.8, 4) is 11.5 Å². The molecule has 0 saturated carbocycles. The molecule has 7 heteroatoms. The monoisotopic (exact) mass is 453 g/mol. The number of aromatic hydroxyl groups is 2. The van der Waals surface area contributed by atoms with E-state index >= 15 is 0 Å². The first-order chi connectivity index (χ1) is 16.4. The maximum absolute atomic E-state index is 10.9. The molecule has 2 aliphatic rings. The van der Waals surface area contributed by atoms with Gasteiger partial charge in [0.1, 0.15) is 17.2 Å². The van der Waals surface area contributed by atoms with Crippen molar-refractivity contribution >= 4 is 28.5 Å². The van der Waals surface area contributed by atoms with Gasteiger partial charge in [-0.05, 0) is 55.3 Å². The zero-order valence-electron chi connectivity index (χ0n) is 19.1. The maximum atomic E-state index is 10.9. The first-order valence-electron chi connectivity index (χ1n) is 11.0. The molecule has 0 heterocycles. The standard InChI is InChI=1S/C27H27N5O2/c1-17-12-19(26(33)24(14-17)31-29-21-8-4-3-5-9-21)16-20-13-18(2)15-25(27(20)34)32-30-23-11-7-6-10-22(23)28/h3-8,10-15,28,31-34H,9,16H2,1-2H3/b28-22?,29-21-,30-23-. The van der Waals surface area contributed by atoms with Gasteiger partial charge in [-0.1, -0.05) is 42.5 Å². The number of nitrogens with one attached hydrogen (secondary N) is 3. The van der Waals surface area contributed by atoms with Gasteiger partial charge in [0, 0.05) is 24.0 Å². The van der Waals surface area contributed by atoms with E-state index in [0.717, 1.165) is 23.3 Å². The summed E-state index contributed by atoms with van der Waals surface area (Å²) in [6.45, 7) is 3.88. The Kier molecular flexibility index (Phi) is 6.73. The van der Waals surface area contributed by atoms with Gasteiger partial charge < -0.3 is 10.2 Å². The van der Waals surface area contributed by atoms with Crippen molar-refractivity contribution in [3.63, 3.8) is 0 Å². The third-order valence-corrected chi connectivity index (χ3v) is 5.43. The van der Waals surface area contributed by atoms with Gasteiger partial charge in [0.2, 0.25) is 0 Å². The van der Waals surface area contributed by atoms with E-state index in [2.05, 4.69) is 21.1 Å². The average Bonchev–Trinajstić information content (AvgIpc) is 2.83. The van der Waals surface area contributed by atoms with Crippen LogP contribution < -0.4 is 10.9 Å². The van der Waals surface area contributed by atoms with E-state index in [0.29, 0.717) is 34.6 Å². The molecule has 0 fully saturated rings. The Morgan fingerprint density at radius 2 is 1.38 bits per heavy atom. The van der Waals surface area contributed by atoms with Gasteiger partial charge in [-0.2, -0.15) is 10.2 Å². The summed E-state index contributed by atoms with van der Waals surface area (Å²) in [6.07, 6.45) is 15.8. The Balaban J connectivity index is 1.59. The normalized spacial score (nSPS) is 17.1. The third kappa shape index (κ3) is 5.32. The van der Waals surface area contributed by atoms with Crippen LogP contribution in [0.25, 0.3) is 0 Å². The highest BCUT2D eigenvalue weighted by Gasteiger charge is 2.15. The number of anilines is 2. The molecule has 2 aromatic carbocycles. The Bertz CT molecular complexity index is 1310. The van der Waals surface area contributed by atoms with E-state index in [1.807, 2.05) is 56.4 Å². The summed E-state index contributed by atoms with van der Waals surface area (Å²) in [6, 6.07) is 7.41. The minimum atomic E-state index is 0.0478. The van der Waals surface area contributed by atoms with Crippen LogP contribution in [0.5, 0.6) is 11.5 Å². The van der Waals surface area contributed by atoms with E-state index in [9.17, 15) is 10.2 Å².